The summed E-state index contributed by atoms with van der Waals surface area (Å²) in [7, 11) is 1.98. The van der Waals surface area contributed by atoms with Gasteiger partial charge in [0.25, 0.3) is 0 Å². The van der Waals surface area contributed by atoms with Gasteiger partial charge in [-0.25, -0.2) is 4.79 Å². The molecule has 0 spiro atoms. The Balaban J connectivity index is 2.35. The highest BCUT2D eigenvalue weighted by Gasteiger charge is 2.36. The molecule has 1 saturated heterocycles. The highest BCUT2D eigenvalue weighted by Crippen LogP contribution is 2.36. The number of halogens is 3. The summed E-state index contributed by atoms with van der Waals surface area (Å²) < 4.78 is 38.8. The molecule has 0 aromatic heterocycles. The molecular weight excluding hydrogens is 271 g/mol. The van der Waals surface area contributed by atoms with Crippen molar-refractivity contribution in [3.05, 3.63) is 34.9 Å². The summed E-state index contributed by atoms with van der Waals surface area (Å²) in [6.07, 6.45) is -3.06. The Morgan fingerprint density at radius 2 is 1.90 bits per heavy atom. The maximum Gasteiger partial charge on any atom is 0.417 e. The van der Waals surface area contributed by atoms with Crippen LogP contribution in [0.5, 0.6) is 0 Å². The van der Waals surface area contributed by atoms with Crippen molar-refractivity contribution in [2.75, 3.05) is 20.1 Å². The standard InChI is InChI=1S/C14H16F3NO2/c1-18-6-4-9(5-7-18)10-2-3-11(13(19)20)12(8-10)14(15,16)17/h2-3,8-9H,4-7H2,1H3,(H,19,20). The summed E-state index contributed by atoms with van der Waals surface area (Å²) in [6, 6.07) is 3.58. The number of piperidine rings is 1. The minimum Gasteiger partial charge on any atom is -0.478 e. The molecule has 2 rings (SSSR count). The molecule has 1 aromatic carbocycles. The molecule has 0 radical (unpaired) electrons. The molecule has 1 fully saturated rings. The summed E-state index contributed by atoms with van der Waals surface area (Å²) >= 11 is 0. The Bertz CT molecular complexity index is 506. The number of carboxylic acids is 1. The number of alkyl halides is 3. The number of rotatable bonds is 2. The Kier molecular flexibility index (Phi) is 4.04. The van der Waals surface area contributed by atoms with E-state index in [0.29, 0.717) is 5.56 Å². The second-order valence-electron chi connectivity index (χ2n) is 5.19. The summed E-state index contributed by atoms with van der Waals surface area (Å²) in [4.78, 5) is 13.0. The van der Waals surface area contributed by atoms with E-state index in [2.05, 4.69) is 4.90 Å². The number of benzene rings is 1. The lowest BCUT2D eigenvalue weighted by atomic mass is 9.87. The monoisotopic (exact) mass is 287 g/mol. The molecule has 1 N–H and O–H groups in total. The quantitative estimate of drug-likeness (QED) is 0.908. The van der Waals surface area contributed by atoms with E-state index < -0.39 is 23.3 Å². The predicted octanol–water partition coefficient (Wildman–Crippen LogP) is 3.21. The van der Waals surface area contributed by atoms with Gasteiger partial charge in [0, 0.05) is 0 Å². The fraction of sp³-hybridized carbons (Fsp3) is 0.500. The molecule has 1 aromatic rings. The van der Waals surface area contributed by atoms with E-state index in [0.717, 1.165) is 38.1 Å². The number of carbonyl (C=O) groups is 1. The molecule has 6 heteroatoms. The SMILES string of the molecule is CN1CCC(c2ccc(C(=O)O)c(C(F)(F)F)c2)CC1. The molecule has 3 nitrogen and oxygen atoms in total. The van der Waals surface area contributed by atoms with Crippen molar-refractivity contribution in [2.24, 2.45) is 0 Å². The molecule has 110 valence electrons. The molecule has 1 aliphatic rings. The lowest BCUT2D eigenvalue weighted by Gasteiger charge is -2.29. The summed E-state index contributed by atoms with van der Waals surface area (Å²) in [6.45, 7) is 1.68. The maximum atomic E-state index is 12.9. The second kappa shape index (κ2) is 5.44. The second-order valence-corrected chi connectivity index (χ2v) is 5.19. The van der Waals surface area contributed by atoms with Crippen LogP contribution in [0.2, 0.25) is 0 Å². The molecule has 0 amide bonds. The van der Waals surface area contributed by atoms with Gasteiger partial charge in [-0.1, -0.05) is 6.07 Å². The van der Waals surface area contributed by atoms with Crippen LogP contribution >= 0.6 is 0 Å². The van der Waals surface area contributed by atoms with Gasteiger partial charge in [0.1, 0.15) is 0 Å². The van der Waals surface area contributed by atoms with Crippen molar-refractivity contribution in [2.45, 2.75) is 24.9 Å². The maximum absolute atomic E-state index is 12.9. The van der Waals surface area contributed by atoms with Crippen molar-refractivity contribution in [3.63, 3.8) is 0 Å². The van der Waals surface area contributed by atoms with E-state index in [9.17, 15) is 18.0 Å². The first-order valence-corrected chi connectivity index (χ1v) is 6.42. The van der Waals surface area contributed by atoms with Gasteiger partial charge >= 0.3 is 12.1 Å². The largest absolute Gasteiger partial charge is 0.478 e. The first kappa shape index (κ1) is 14.8. The lowest BCUT2D eigenvalue weighted by molar-refractivity contribution is -0.138. The van der Waals surface area contributed by atoms with Gasteiger partial charge in [-0.3, -0.25) is 0 Å². The van der Waals surface area contributed by atoms with Gasteiger partial charge in [-0.15, -0.1) is 0 Å². The van der Waals surface area contributed by atoms with Crippen LogP contribution in [-0.2, 0) is 6.18 Å². The van der Waals surface area contributed by atoms with E-state index >= 15 is 0 Å². The van der Waals surface area contributed by atoms with Crippen LogP contribution in [0, 0.1) is 0 Å². The number of carboxylic acid groups (broad SMARTS) is 1. The number of aromatic carboxylic acids is 1. The zero-order valence-electron chi connectivity index (χ0n) is 11.1. The number of hydrogen-bond acceptors (Lipinski definition) is 2. The lowest BCUT2D eigenvalue weighted by Crippen LogP contribution is -2.29. The summed E-state index contributed by atoms with van der Waals surface area (Å²) in [5.41, 5.74) is -1.16. The van der Waals surface area contributed by atoms with E-state index in [4.69, 9.17) is 5.11 Å². The van der Waals surface area contributed by atoms with Crippen molar-refractivity contribution in [1.29, 1.82) is 0 Å². The highest BCUT2D eigenvalue weighted by molar-refractivity contribution is 5.89. The summed E-state index contributed by atoms with van der Waals surface area (Å²) in [5, 5.41) is 8.86. The van der Waals surface area contributed by atoms with Crippen molar-refractivity contribution in [3.8, 4) is 0 Å². The Hall–Kier alpha value is -1.56. The van der Waals surface area contributed by atoms with Crippen LogP contribution in [0.15, 0.2) is 18.2 Å². The summed E-state index contributed by atoms with van der Waals surface area (Å²) in [5.74, 6) is -1.48. The normalized spacial score (nSPS) is 18.2. The zero-order chi connectivity index (χ0) is 14.9. The van der Waals surface area contributed by atoms with Crippen LogP contribution in [0.25, 0.3) is 0 Å². The van der Waals surface area contributed by atoms with Gasteiger partial charge in [-0.2, -0.15) is 13.2 Å². The minimum atomic E-state index is -4.64. The molecule has 0 aliphatic carbocycles. The zero-order valence-corrected chi connectivity index (χ0v) is 11.1. The fourth-order valence-electron chi connectivity index (χ4n) is 2.58. The van der Waals surface area contributed by atoms with Gasteiger partial charge < -0.3 is 10.0 Å². The van der Waals surface area contributed by atoms with E-state index in [1.54, 1.807) is 0 Å². The third kappa shape index (κ3) is 3.12. The van der Waals surface area contributed by atoms with Crippen molar-refractivity contribution < 1.29 is 23.1 Å². The van der Waals surface area contributed by atoms with Gasteiger partial charge in [0.15, 0.2) is 0 Å². The smallest absolute Gasteiger partial charge is 0.417 e. The van der Waals surface area contributed by atoms with Gasteiger partial charge in [0.05, 0.1) is 11.1 Å². The average Bonchev–Trinajstić information content (AvgIpc) is 2.38. The molecule has 0 bridgehead atoms. The average molecular weight is 287 g/mol. The molecule has 20 heavy (non-hydrogen) atoms. The van der Waals surface area contributed by atoms with Crippen molar-refractivity contribution >= 4 is 5.97 Å². The molecule has 1 heterocycles. The Morgan fingerprint density at radius 1 is 1.30 bits per heavy atom. The Morgan fingerprint density at radius 3 is 2.40 bits per heavy atom. The minimum absolute atomic E-state index is 0.0649. The van der Waals surface area contributed by atoms with E-state index in [1.165, 1.54) is 6.07 Å². The topological polar surface area (TPSA) is 40.5 Å². The van der Waals surface area contributed by atoms with Crippen LogP contribution < -0.4 is 0 Å². The third-order valence-corrected chi connectivity index (χ3v) is 3.77. The fourth-order valence-corrected chi connectivity index (χ4v) is 2.58. The molecular formula is C14H16F3NO2. The molecule has 0 saturated carbocycles. The number of likely N-dealkylation sites (tertiary alicyclic amines) is 1. The first-order chi connectivity index (χ1) is 9.29. The van der Waals surface area contributed by atoms with Gasteiger partial charge in [-0.05, 0) is 56.6 Å². The molecule has 1 aliphatic heterocycles. The van der Waals surface area contributed by atoms with Gasteiger partial charge in [0.2, 0.25) is 0 Å². The predicted molar refractivity (Wildman–Crippen MR) is 67.9 cm³/mol. The highest BCUT2D eigenvalue weighted by atomic mass is 19.4. The van der Waals surface area contributed by atoms with E-state index in [-0.39, 0.29) is 5.92 Å². The van der Waals surface area contributed by atoms with Crippen LogP contribution in [0.4, 0.5) is 13.2 Å². The van der Waals surface area contributed by atoms with Crippen LogP contribution in [-0.4, -0.2) is 36.1 Å². The first-order valence-electron chi connectivity index (χ1n) is 6.42. The van der Waals surface area contributed by atoms with Crippen LogP contribution in [0.1, 0.15) is 40.2 Å². The van der Waals surface area contributed by atoms with E-state index in [1.807, 2.05) is 7.05 Å². The molecule has 0 unspecified atom stereocenters. The number of hydrogen-bond donors (Lipinski definition) is 1. The Labute approximate surface area is 115 Å². The van der Waals surface area contributed by atoms with Crippen LogP contribution in [0.3, 0.4) is 0 Å². The molecule has 0 atom stereocenters. The number of nitrogens with zero attached hydrogens (tertiary/aromatic N) is 1. The third-order valence-electron chi connectivity index (χ3n) is 3.77. The van der Waals surface area contributed by atoms with Crippen molar-refractivity contribution in [1.82, 2.24) is 4.90 Å².